The van der Waals surface area contributed by atoms with Crippen LogP contribution >= 0.6 is 7.75 Å². The maximum absolute atomic E-state index is 13.5. The van der Waals surface area contributed by atoms with Gasteiger partial charge < -0.3 is 14.0 Å². The fourth-order valence-electron chi connectivity index (χ4n) is 3.03. The van der Waals surface area contributed by atoms with E-state index in [2.05, 4.69) is 10.1 Å². The summed E-state index contributed by atoms with van der Waals surface area (Å²) in [5.41, 5.74) is -2.13. The molecule has 0 saturated carbocycles. The van der Waals surface area contributed by atoms with Crippen LogP contribution in [0, 0.1) is 6.92 Å². The highest BCUT2D eigenvalue weighted by atomic mass is 31.2. The van der Waals surface area contributed by atoms with Gasteiger partial charge in [-0.25, -0.2) is 9.36 Å². The normalized spacial score (nSPS) is 19.8. The molecule has 3 rings (SSSR count). The summed E-state index contributed by atoms with van der Waals surface area (Å²) >= 11 is 0. The van der Waals surface area contributed by atoms with Gasteiger partial charge in [0.2, 0.25) is 0 Å². The predicted molar refractivity (Wildman–Crippen MR) is 119 cm³/mol. The van der Waals surface area contributed by atoms with Crippen molar-refractivity contribution in [2.24, 2.45) is 0 Å². The number of benzene rings is 1. The van der Waals surface area contributed by atoms with E-state index in [1.54, 1.807) is 49.4 Å². The van der Waals surface area contributed by atoms with E-state index >= 15 is 0 Å². The molecule has 0 amide bonds. The molecule has 0 saturated heterocycles. The Labute approximate surface area is 189 Å². The molecule has 2 aromatic rings. The zero-order valence-electron chi connectivity index (χ0n) is 18.6. The molecule has 0 radical (unpaired) electrons. The molecule has 1 aromatic carbocycles. The number of carbonyl (C=O) groups excluding carboxylic acids is 1. The summed E-state index contributed by atoms with van der Waals surface area (Å²) in [4.78, 5) is 38.0. The molecule has 12 heteroatoms. The second kappa shape index (κ2) is 9.88. The minimum absolute atomic E-state index is 0.210. The third-order valence-electron chi connectivity index (χ3n) is 4.71. The quantitative estimate of drug-likeness (QED) is 0.314. The molecule has 0 fully saturated rings. The zero-order chi connectivity index (χ0) is 24.2. The number of aromatic amines is 1. The topological polar surface area (TPSA) is 138 Å². The van der Waals surface area contributed by atoms with Gasteiger partial charge in [-0.2, -0.15) is 5.09 Å². The Kier molecular flexibility index (Phi) is 7.38. The van der Waals surface area contributed by atoms with Gasteiger partial charge in [-0.15, -0.1) is 0 Å². The molecule has 0 aliphatic carbocycles. The lowest BCUT2D eigenvalue weighted by molar-refractivity contribution is -0.146. The standard InChI is InChI=1S/C21H26N3O8P/c1-14-12-24(20(27)22-18(14)25)17-11-10-16(31-17)13-30-33(28,23-21(2,3)19(26)29-4)32-15-8-6-5-7-9-15/h5-12,16-17H,13H2,1-4H3,(H,23,28)(H,22,25,27)/t16-,17+,33?/m0/s1. The number of rotatable bonds is 9. The summed E-state index contributed by atoms with van der Waals surface area (Å²) < 4.78 is 36.5. The van der Waals surface area contributed by atoms with Crippen LogP contribution in [0.25, 0.3) is 0 Å². The van der Waals surface area contributed by atoms with Crippen LogP contribution in [0.4, 0.5) is 0 Å². The summed E-state index contributed by atoms with van der Waals surface area (Å²) in [5, 5.41) is 2.62. The number of carbonyl (C=O) groups is 1. The van der Waals surface area contributed by atoms with Crippen molar-refractivity contribution in [3.05, 3.63) is 75.1 Å². The third-order valence-corrected chi connectivity index (χ3v) is 6.49. The average molecular weight is 479 g/mol. The van der Waals surface area contributed by atoms with Crippen molar-refractivity contribution in [1.82, 2.24) is 14.6 Å². The first-order valence-electron chi connectivity index (χ1n) is 10.1. The number of nitrogens with one attached hydrogen (secondary N) is 2. The summed E-state index contributed by atoms with van der Waals surface area (Å²) in [5.74, 6) is -0.391. The maximum atomic E-state index is 13.5. The first kappa shape index (κ1) is 24.7. The van der Waals surface area contributed by atoms with E-state index in [-0.39, 0.29) is 12.4 Å². The van der Waals surface area contributed by atoms with Crippen molar-refractivity contribution < 1.29 is 27.9 Å². The summed E-state index contributed by atoms with van der Waals surface area (Å²) in [6.07, 6.45) is 3.18. The van der Waals surface area contributed by atoms with E-state index in [4.69, 9.17) is 18.5 Å². The lowest BCUT2D eigenvalue weighted by Gasteiger charge is -2.29. The van der Waals surface area contributed by atoms with Crippen molar-refractivity contribution in [3.8, 4) is 5.75 Å². The van der Waals surface area contributed by atoms with Gasteiger partial charge in [0.25, 0.3) is 5.56 Å². The van der Waals surface area contributed by atoms with Gasteiger partial charge in [0, 0.05) is 11.8 Å². The number of ether oxygens (including phenoxy) is 2. The molecule has 3 atom stereocenters. The number of aryl methyl sites for hydroxylation is 1. The maximum Gasteiger partial charge on any atom is 0.459 e. The van der Waals surface area contributed by atoms with Crippen molar-refractivity contribution in [2.75, 3.05) is 13.7 Å². The van der Waals surface area contributed by atoms with E-state index in [0.29, 0.717) is 5.56 Å². The second-order valence-corrected chi connectivity index (χ2v) is 9.51. The van der Waals surface area contributed by atoms with Crippen LogP contribution < -0.4 is 20.9 Å². The van der Waals surface area contributed by atoms with Gasteiger partial charge >= 0.3 is 19.4 Å². The summed E-state index contributed by atoms with van der Waals surface area (Å²) in [7, 11) is -2.86. The van der Waals surface area contributed by atoms with Gasteiger partial charge in [-0.1, -0.05) is 24.3 Å². The molecule has 1 aliphatic rings. The molecule has 1 aromatic heterocycles. The van der Waals surface area contributed by atoms with Crippen LogP contribution in [0.3, 0.4) is 0 Å². The Hall–Kier alpha value is -2.98. The van der Waals surface area contributed by atoms with Crippen molar-refractivity contribution in [2.45, 2.75) is 38.6 Å². The number of hydrogen-bond donors (Lipinski definition) is 2. The number of aromatic nitrogens is 2. The van der Waals surface area contributed by atoms with Gasteiger partial charge in [0.1, 0.15) is 17.4 Å². The number of esters is 1. The van der Waals surface area contributed by atoms with Crippen LogP contribution in [0.15, 0.2) is 58.3 Å². The van der Waals surface area contributed by atoms with Gasteiger partial charge in [-0.3, -0.25) is 23.7 Å². The Morgan fingerprint density at radius 3 is 2.61 bits per heavy atom. The predicted octanol–water partition coefficient (Wildman–Crippen LogP) is 2.04. The van der Waals surface area contributed by atoms with E-state index < -0.39 is 42.8 Å². The molecule has 11 nitrogen and oxygen atoms in total. The first-order chi connectivity index (χ1) is 15.5. The SMILES string of the molecule is COC(=O)C(C)(C)NP(=O)(OC[C@@H]1C=C[C@H](n2cc(C)c(=O)[nH]c2=O)O1)Oc1ccccc1. The highest BCUT2D eigenvalue weighted by Crippen LogP contribution is 2.46. The zero-order valence-corrected chi connectivity index (χ0v) is 19.5. The van der Waals surface area contributed by atoms with Crippen molar-refractivity contribution in [3.63, 3.8) is 0 Å². The first-order valence-corrected chi connectivity index (χ1v) is 11.6. The minimum Gasteiger partial charge on any atom is -0.468 e. The van der Waals surface area contributed by atoms with Crippen molar-refractivity contribution in [1.29, 1.82) is 0 Å². The second-order valence-electron chi connectivity index (χ2n) is 7.85. The Balaban J connectivity index is 1.73. The largest absolute Gasteiger partial charge is 0.468 e. The Morgan fingerprint density at radius 1 is 1.24 bits per heavy atom. The van der Waals surface area contributed by atoms with Crippen LogP contribution in [-0.2, 0) is 23.4 Å². The minimum atomic E-state index is -4.08. The van der Waals surface area contributed by atoms with Gasteiger partial charge in [0.05, 0.1) is 13.7 Å². The van der Waals surface area contributed by atoms with Gasteiger partial charge in [-0.05, 0) is 39.0 Å². The number of nitrogens with zero attached hydrogens (tertiary/aromatic N) is 1. The average Bonchev–Trinajstić information content (AvgIpc) is 3.23. The fourth-order valence-corrected chi connectivity index (χ4v) is 4.71. The lowest BCUT2D eigenvalue weighted by Crippen LogP contribution is -2.46. The summed E-state index contributed by atoms with van der Waals surface area (Å²) in [6.45, 7) is 4.32. The number of methoxy groups -OCH3 is 1. The van der Waals surface area contributed by atoms with Gasteiger partial charge in [0.15, 0.2) is 6.23 Å². The molecule has 1 aliphatic heterocycles. The van der Waals surface area contributed by atoms with Crippen LogP contribution in [-0.4, -0.2) is 40.9 Å². The van der Waals surface area contributed by atoms with E-state index in [9.17, 15) is 18.9 Å². The third kappa shape index (κ3) is 6.08. The van der Waals surface area contributed by atoms with E-state index in [0.717, 1.165) is 0 Å². The molecular formula is C21H26N3O8P. The molecular weight excluding hydrogens is 453 g/mol. The lowest BCUT2D eigenvalue weighted by atomic mass is 10.1. The van der Waals surface area contributed by atoms with E-state index in [1.165, 1.54) is 31.7 Å². The molecule has 1 unspecified atom stereocenters. The van der Waals surface area contributed by atoms with E-state index in [1.807, 2.05) is 0 Å². The molecule has 2 heterocycles. The monoisotopic (exact) mass is 479 g/mol. The Morgan fingerprint density at radius 2 is 1.94 bits per heavy atom. The molecule has 33 heavy (non-hydrogen) atoms. The summed E-state index contributed by atoms with van der Waals surface area (Å²) in [6, 6.07) is 8.35. The van der Waals surface area contributed by atoms with Crippen LogP contribution in [0.1, 0.15) is 25.6 Å². The van der Waals surface area contributed by atoms with Crippen LogP contribution in [0.2, 0.25) is 0 Å². The highest BCUT2D eigenvalue weighted by Gasteiger charge is 2.40. The number of H-pyrrole nitrogens is 1. The number of hydrogen-bond acceptors (Lipinski definition) is 8. The molecule has 0 spiro atoms. The van der Waals surface area contributed by atoms with Crippen LogP contribution in [0.5, 0.6) is 5.75 Å². The van der Waals surface area contributed by atoms with Crippen molar-refractivity contribution >= 4 is 13.7 Å². The Bertz CT molecular complexity index is 1190. The number of para-hydroxylation sites is 1. The fraction of sp³-hybridized carbons (Fsp3) is 0.381. The molecule has 0 bridgehead atoms. The highest BCUT2D eigenvalue weighted by molar-refractivity contribution is 7.52. The molecule has 2 N–H and O–H groups in total. The smallest absolute Gasteiger partial charge is 0.459 e. The molecule has 178 valence electrons.